The zero-order valence-electron chi connectivity index (χ0n) is 11.7. The van der Waals surface area contributed by atoms with Crippen molar-refractivity contribution in [2.75, 3.05) is 6.61 Å². The first-order valence-corrected chi connectivity index (χ1v) is 7.38. The molecular weight excluding hydrogens is 337 g/mol. The van der Waals surface area contributed by atoms with E-state index in [0.29, 0.717) is 32.7 Å². The number of halogens is 2. The predicted molar refractivity (Wildman–Crippen MR) is 86.9 cm³/mol. The van der Waals surface area contributed by atoms with Crippen molar-refractivity contribution < 1.29 is 14.3 Å². The molecule has 0 saturated heterocycles. The van der Waals surface area contributed by atoms with Gasteiger partial charge in [-0.25, -0.2) is 0 Å². The number of hydrogen-bond acceptors (Lipinski definition) is 4. The van der Waals surface area contributed by atoms with Crippen LogP contribution in [0, 0.1) is 11.3 Å². The van der Waals surface area contributed by atoms with Gasteiger partial charge >= 0.3 is 0 Å². The van der Waals surface area contributed by atoms with Crippen LogP contribution in [0.5, 0.6) is 11.5 Å². The molecule has 0 amide bonds. The Hall–Kier alpha value is -2.48. The zero-order chi connectivity index (χ0) is 16.4. The summed E-state index contributed by atoms with van der Waals surface area (Å²) in [6, 6.07) is 11.8. The van der Waals surface area contributed by atoms with E-state index in [-0.39, 0.29) is 18.1 Å². The molecule has 23 heavy (non-hydrogen) atoms. The molecule has 6 heteroatoms. The minimum atomic E-state index is -0.247. The van der Waals surface area contributed by atoms with Crippen LogP contribution in [0.25, 0.3) is 6.08 Å². The van der Waals surface area contributed by atoms with Crippen molar-refractivity contribution in [1.29, 1.82) is 5.26 Å². The lowest BCUT2D eigenvalue weighted by Crippen LogP contribution is -1.98. The SMILES string of the molecule is N#CCOc1ccc2c(c1)O/C(=C\c1cccc(Cl)c1Cl)C2=O. The average Bonchev–Trinajstić information content (AvgIpc) is 2.85. The van der Waals surface area contributed by atoms with Crippen LogP contribution >= 0.6 is 23.2 Å². The molecule has 1 heterocycles. The smallest absolute Gasteiger partial charge is 0.231 e. The number of ether oxygens (including phenoxy) is 2. The van der Waals surface area contributed by atoms with Gasteiger partial charge in [-0.3, -0.25) is 4.79 Å². The summed E-state index contributed by atoms with van der Waals surface area (Å²) in [7, 11) is 0. The maximum absolute atomic E-state index is 12.4. The molecule has 0 radical (unpaired) electrons. The third-order valence-electron chi connectivity index (χ3n) is 3.21. The molecule has 0 spiro atoms. The molecule has 1 aliphatic heterocycles. The number of hydrogen-bond donors (Lipinski definition) is 0. The summed E-state index contributed by atoms with van der Waals surface area (Å²) in [5.74, 6) is 0.749. The second-order valence-electron chi connectivity index (χ2n) is 4.69. The molecule has 0 unspecified atom stereocenters. The second kappa shape index (κ2) is 6.33. The molecule has 114 valence electrons. The van der Waals surface area contributed by atoms with Gasteiger partial charge in [-0.1, -0.05) is 35.3 Å². The van der Waals surface area contributed by atoms with E-state index >= 15 is 0 Å². The van der Waals surface area contributed by atoms with Crippen molar-refractivity contribution in [2.24, 2.45) is 0 Å². The van der Waals surface area contributed by atoms with Gasteiger partial charge in [0, 0.05) is 6.07 Å². The standard InChI is InChI=1S/C17H9Cl2NO3/c18-13-3-1-2-10(16(13)19)8-15-17(21)12-5-4-11(22-7-6-20)9-14(12)23-15/h1-5,8-9H,7H2/b15-8-. The summed E-state index contributed by atoms with van der Waals surface area (Å²) >= 11 is 12.1. The fraction of sp³-hybridized carbons (Fsp3) is 0.0588. The third-order valence-corrected chi connectivity index (χ3v) is 4.05. The predicted octanol–water partition coefficient (Wildman–Crippen LogP) is 4.51. The molecule has 0 aromatic heterocycles. The molecule has 0 fully saturated rings. The van der Waals surface area contributed by atoms with E-state index in [2.05, 4.69) is 0 Å². The number of fused-ring (bicyclic) bond motifs is 1. The van der Waals surface area contributed by atoms with Crippen molar-refractivity contribution in [1.82, 2.24) is 0 Å². The van der Waals surface area contributed by atoms with Gasteiger partial charge in [0.2, 0.25) is 5.78 Å². The number of nitriles is 1. The Labute approximate surface area is 142 Å². The van der Waals surface area contributed by atoms with Gasteiger partial charge in [0.15, 0.2) is 12.4 Å². The molecule has 0 bridgehead atoms. The fourth-order valence-electron chi connectivity index (χ4n) is 2.15. The molecular formula is C17H9Cl2NO3. The number of benzene rings is 2. The molecule has 4 nitrogen and oxygen atoms in total. The first kappa shape index (κ1) is 15.4. The number of allylic oxidation sites excluding steroid dienone is 1. The van der Waals surface area contributed by atoms with E-state index in [0.717, 1.165) is 0 Å². The highest BCUT2D eigenvalue weighted by atomic mass is 35.5. The summed E-state index contributed by atoms with van der Waals surface area (Å²) in [6.07, 6.45) is 1.55. The van der Waals surface area contributed by atoms with E-state index in [1.54, 1.807) is 42.5 Å². The quantitative estimate of drug-likeness (QED) is 0.767. The van der Waals surface area contributed by atoms with Gasteiger partial charge in [-0.15, -0.1) is 0 Å². The lowest BCUT2D eigenvalue weighted by molar-refractivity contribution is 0.101. The van der Waals surface area contributed by atoms with Crippen LogP contribution < -0.4 is 9.47 Å². The van der Waals surface area contributed by atoms with Crippen molar-refractivity contribution in [2.45, 2.75) is 0 Å². The van der Waals surface area contributed by atoms with Gasteiger partial charge in [0.05, 0.1) is 15.6 Å². The summed E-state index contributed by atoms with van der Waals surface area (Å²) in [5.41, 5.74) is 1.02. The van der Waals surface area contributed by atoms with Crippen LogP contribution in [-0.4, -0.2) is 12.4 Å². The summed E-state index contributed by atoms with van der Waals surface area (Å²) in [4.78, 5) is 12.4. The molecule has 0 atom stereocenters. The van der Waals surface area contributed by atoms with Crippen molar-refractivity contribution in [3.05, 3.63) is 63.3 Å². The van der Waals surface area contributed by atoms with E-state index in [1.807, 2.05) is 6.07 Å². The summed E-state index contributed by atoms with van der Waals surface area (Å²) in [6.45, 7) is -0.0758. The topological polar surface area (TPSA) is 59.3 Å². The van der Waals surface area contributed by atoms with Crippen molar-refractivity contribution in [3.8, 4) is 17.6 Å². The van der Waals surface area contributed by atoms with Crippen LogP contribution in [0.2, 0.25) is 10.0 Å². The largest absolute Gasteiger partial charge is 0.479 e. The van der Waals surface area contributed by atoms with Crippen molar-refractivity contribution >= 4 is 35.1 Å². The second-order valence-corrected chi connectivity index (χ2v) is 5.47. The van der Waals surface area contributed by atoms with Crippen LogP contribution in [-0.2, 0) is 0 Å². The normalized spacial score (nSPS) is 14.3. The first-order chi connectivity index (χ1) is 11.1. The minimum absolute atomic E-state index is 0.0758. The summed E-state index contributed by atoms with van der Waals surface area (Å²) in [5, 5.41) is 9.28. The molecule has 3 rings (SSSR count). The van der Waals surface area contributed by atoms with Crippen molar-refractivity contribution in [3.63, 3.8) is 0 Å². The fourth-order valence-corrected chi connectivity index (χ4v) is 2.51. The van der Waals surface area contributed by atoms with Gasteiger partial charge in [0.25, 0.3) is 0 Å². The number of ketones is 1. The Morgan fingerprint density at radius 1 is 1.26 bits per heavy atom. The third kappa shape index (κ3) is 3.02. The first-order valence-electron chi connectivity index (χ1n) is 6.62. The Kier molecular flexibility index (Phi) is 4.24. The lowest BCUT2D eigenvalue weighted by Gasteiger charge is -2.03. The van der Waals surface area contributed by atoms with E-state index < -0.39 is 0 Å². The van der Waals surface area contributed by atoms with Crippen LogP contribution in [0.1, 0.15) is 15.9 Å². The maximum atomic E-state index is 12.4. The molecule has 2 aromatic carbocycles. The lowest BCUT2D eigenvalue weighted by atomic mass is 10.1. The number of nitrogens with zero attached hydrogens (tertiary/aromatic N) is 1. The zero-order valence-corrected chi connectivity index (χ0v) is 13.2. The van der Waals surface area contributed by atoms with Crippen LogP contribution in [0.4, 0.5) is 0 Å². The number of carbonyl (C=O) groups excluding carboxylic acids is 1. The average molecular weight is 346 g/mol. The van der Waals surface area contributed by atoms with Gasteiger partial charge < -0.3 is 9.47 Å². The van der Waals surface area contributed by atoms with Crippen LogP contribution in [0.15, 0.2) is 42.2 Å². The Morgan fingerprint density at radius 3 is 2.87 bits per heavy atom. The molecule has 0 aliphatic carbocycles. The number of Topliss-reactive ketones (excluding diaryl/α,β-unsaturated/α-hetero) is 1. The van der Waals surface area contributed by atoms with E-state index in [4.69, 9.17) is 37.9 Å². The summed E-state index contributed by atoms with van der Waals surface area (Å²) < 4.78 is 10.8. The molecule has 1 aliphatic rings. The van der Waals surface area contributed by atoms with Crippen LogP contribution in [0.3, 0.4) is 0 Å². The highest BCUT2D eigenvalue weighted by molar-refractivity contribution is 6.43. The Bertz CT molecular complexity index is 869. The highest BCUT2D eigenvalue weighted by Gasteiger charge is 2.28. The Balaban J connectivity index is 1.92. The number of carbonyl (C=O) groups is 1. The van der Waals surface area contributed by atoms with Gasteiger partial charge in [-0.2, -0.15) is 5.26 Å². The van der Waals surface area contributed by atoms with E-state index in [9.17, 15) is 4.79 Å². The number of rotatable bonds is 3. The van der Waals surface area contributed by atoms with Gasteiger partial charge in [0.1, 0.15) is 17.6 Å². The highest BCUT2D eigenvalue weighted by Crippen LogP contribution is 2.36. The molecule has 0 N–H and O–H groups in total. The molecule has 0 saturated carbocycles. The minimum Gasteiger partial charge on any atom is -0.479 e. The molecule has 2 aromatic rings. The van der Waals surface area contributed by atoms with Gasteiger partial charge in [-0.05, 0) is 29.8 Å². The van der Waals surface area contributed by atoms with E-state index in [1.165, 1.54) is 0 Å². The monoisotopic (exact) mass is 345 g/mol. The maximum Gasteiger partial charge on any atom is 0.231 e. The Morgan fingerprint density at radius 2 is 2.09 bits per heavy atom.